The average molecular weight is 246 g/mol. The summed E-state index contributed by atoms with van der Waals surface area (Å²) >= 11 is 0. The average Bonchev–Trinajstić information content (AvgIpc) is 2.29. The Morgan fingerprint density at radius 3 is 2.44 bits per heavy atom. The van der Waals surface area contributed by atoms with Crippen molar-refractivity contribution in [3.8, 4) is 0 Å². The van der Waals surface area contributed by atoms with Gasteiger partial charge in [0.15, 0.2) is 6.61 Å². The number of carbonyl (C=O) groups is 1. The fraction of sp³-hybridized carbons (Fsp3) is 0.222. The van der Waals surface area contributed by atoms with Gasteiger partial charge >= 0.3 is 5.97 Å². The van der Waals surface area contributed by atoms with Gasteiger partial charge in [-0.25, -0.2) is 9.68 Å². The van der Waals surface area contributed by atoms with Gasteiger partial charge in [-0.2, -0.15) is 4.67 Å². The summed E-state index contributed by atoms with van der Waals surface area (Å²) in [5.74, 6) is -1.25. The molecule has 0 amide bonds. The number of carboxylic acid groups (broad SMARTS) is 1. The van der Waals surface area contributed by atoms with Crippen molar-refractivity contribution >= 4 is 18.6 Å². The summed E-state index contributed by atoms with van der Waals surface area (Å²) in [5.41, 5.74) is 0. The summed E-state index contributed by atoms with van der Waals surface area (Å²) < 4.78 is 16.5. The molecule has 1 aromatic rings. The highest BCUT2D eigenvalue weighted by Gasteiger charge is 2.26. The fourth-order valence-electron chi connectivity index (χ4n) is 0.965. The molecule has 0 aliphatic heterocycles. The number of aliphatic carboxylic acids is 1. The Labute approximate surface area is 91.8 Å². The molecule has 6 nitrogen and oxygen atoms in total. The van der Waals surface area contributed by atoms with Crippen LogP contribution >= 0.6 is 7.37 Å². The van der Waals surface area contributed by atoms with Crippen molar-refractivity contribution in [2.75, 3.05) is 13.0 Å². The van der Waals surface area contributed by atoms with Crippen molar-refractivity contribution in [2.45, 2.75) is 0 Å². The van der Waals surface area contributed by atoms with Crippen molar-refractivity contribution < 1.29 is 29.1 Å². The van der Waals surface area contributed by atoms with Crippen LogP contribution in [0.25, 0.3) is 0 Å². The van der Waals surface area contributed by atoms with Crippen LogP contribution in [0.2, 0.25) is 0 Å². The van der Waals surface area contributed by atoms with Gasteiger partial charge in [-0.3, -0.25) is 4.57 Å². The molecule has 1 unspecified atom stereocenters. The minimum absolute atomic E-state index is 0.267. The minimum Gasteiger partial charge on any atom is -0.479 e. The molecule has 0 fully saturated rings. The third-order valence-corrected chi connectivity index (χ3v) is 3.49. The molecule has 1 aromatic carbocycles. The maximum Gasteiger partial charge on any atom is 0.333 e. The first-order chi connectivity index (χ1) is 7.58. The Hall–Kier alpha value is -1.20. The largest absolute Gasteiger partial charge is 0.479 e. The molecular formula is C9H11O6P. The van der Waals surface area contributed by atoms with Crippen molar-refractivity contribution in [3.05, 3.63) is 30.3 Å². The molecule has 0 saturated carbocycles. The molecule has 0 bridgehead atoms. The lowest BCUT2D eigenvalue weighted by Crippen LogP contribution is -2.13. The summed E-state index contributed by atoms with van der Waals surface area (Å²) in [4.78, 5) is 14.4. The molecule has 16 heavy (non-hydrogen) atoms. The lowest BCUT2D eigenvalue weighted by Gasteiger charge is -2.13. The van der Waals surface area contributed by atoms with E-state index in [-0.39, 0.29) is 5.30 Å². The molecular weight excluding hydrogens is 235 g/mol. The summed E-state index contributed by atoms with van der Waals surface area (Å²) in [6.45, 7) is -0.739. The first-order valence-corrected chi connectivity index (χ1v) is 6.18. The van der Waals surface area contributed by atoms with Crippen LogP contribution in [0.3, 0.4) is 0 Å². The molecule has 0 aromatic heterocycles. The van der Waals surface area contributed by atoms with Gasteiger partial charge in [0.25, 0.3) is 7.37 Å². The van der Waals surface area contributed by atoms with Crippen LogP contribution in [0.1, 0.15) is 0 Å². The van der Waals surface area contributed by atoms with E-state index < -0.39 is 26.3 Å². The fourth-order valence-corrected chi connectivity index (χ4v) is 2.11. The lowest BCUT2D eigenvalue weighted by atomic mass is 10.4. The highest BCUT2D eigenvalue weighted by atomic mass is 31.2. The molecule has 2 N–H and O–H groups in total. The first kappa shape index (κ1) is 12.9. The van der Waals surface area contributed by atoms with Crippen LogP contribution in [-0.2, 0) is 18.9 Å². The lowest BCUT2D eigenvalue weighted by molar-refractivity contribution is -0.212. The second-order valence-electron chi connectivity index (χ2n) is 2.88. The quantitative estimate of drug-likeness (QED) is 0.433. The van der Waals surface area contributed by atoms with Crippen LogP contribution in [0, 0.1) is 0 Å². The minimum atomic E-state index is -3.54. The van der Waals surface area contributed by atoms with Crippen molar-refractivity contribution in [1.29, 1.82) is 0 Å². The molecule has 88 valence electrons. The Kier molecular flexibility index (Phi) is 4.64. The molecule has 0 saturated heterocycles. The van der Waals surface area contributed by atoms with Crippen LogP contribution < -0.4 is 5.30 Å². The zero-order valence-corrected chi connectivity index (χ0v) is 9.17. The molecule has 0 aliphatic rings. The van der Waals surface area contributed by atoms with Gasteiger partial charge < -0.3 is 10.2 Å². The molecule has 0 heterocycles. The monoisotopic (exact) mass is 246 g/mol. The number of hydrogen-bond donors (Lipinski definition) is 2. The normalized spacial score (nSPS) is 14.3. The molecule has 7 heteroatoms. The second-order valence-corrected chi connectivity index (χ2v) is 5.18. The van der Waals surface area contributed by atoms with Gasteiger partial charge in [-0.1, -0.05) is 18.2 Å². The summed E-state index contributed by atoms with van der Waals surface area (Å²) in [6, 6.07) is 7.96. The predicted molar refractivity (Wildman–Crippen MR) is 55.4 cm³/mol. The van der Waals surface area contributed by atoms with E-state index in [1.165, 1.54) is 12.1 Å². The van der Waals surface area contributed by atoms with Crippen LogP contribution in [-0.4, -0.2) is 29.1 Å². The molecule has 1 atom stereocenters. The first-order valence-electron chi connectivity index (χ1n) is 4.37. The van der Waals surface area contributed by atoms with E-state index >= 15 is 0 Å². The van der Waals surface area contributed by atoms with Crippen molar-refractivity contribution in [1.82, 2.24) is 0 Å². The van der Waals surface area contributed by atoms with Crippen molar-refractivity contribution in [2.24, 2.45) is 0 Å². The van der Waals surface area contributed by atoms with Gasteiger partial charge in [-0.05, 0) is 12.1 Å². The third-order valence-electron chi connectivity index (χ3n) is 1.69. The molecule has 0 radical (unpaired) electrons. The number of carboxylic acids is 1. The predicted octanol–water partition coefficient (Wildman–Crippen LogP) is 0.573. The number of rotatable bonds is 6. The van der Waals surface area contributed by atoms with Crippen LogP contribution in [0.4, 0.5) is 0 Å². The van der Waals surface area contributed by atoms with Gasteiger partial charge in [0.2, 0.25) is 0 Å². The summed E-state index contributed by atoms with van der Waals surface area (Å²) in [7, 11) is -3.54. The van der Waals surface area contributed by atoms with E-state index in [2.05, 4.69) is 9.56 Å². The van der Waals surface area contributed by atoms with E-state index in [1.54, 1.807) is 18.2 Å². The molecule has 1 rings (SSSR count). The second kappa shape index (κ2) is 5.77. The van der Waals surface area contributed by atoms with Gasteiger partial charge in [0.1, 0.15) is 6.35 Å². The van der Waals surface area contributed by atoms with Gasteiger partial charge in [0, 0.05) is 5.30 Å². The van der Waals surface area contributed by atoms with E-state index in [1.807, 2.05) is 0 Å². The standard InChI is InChI=1S/C9H11O6P/c10-7-16(13,15-14-6-9(11)12)8-4-2-1-3-5-8/h1-5,10H,6-7H2,(H,11,12). The number of aliphatic hydroxyl groups excluding tert-OH is 1. The van der Waals surface area contributed by atoms with Gasteiger partial charge in [-0.15, -0.1) is 0 Å². The zero-order chi connectivity index (χ0) is 12.0. The third kappa shape index (κ3) is 3.43. The van der Waals surface area contributed by atoms with E-state index in [0.717, 1.165) is 0 Å². The number of aliphatic hydroxyl groups is 1. The highest BCUT2D eigenvalue weighted by Crippen LogP contribution is 2.44. The summed E-state index contributed by atoms with van der Waals surface area (Å²) in [5, 5.41) is 17.6. The van der Waals surface area contributed by atoms with Crippen LogP contribution in [0.5, 0.6) is 0 Å². The van der Waals surface area contributed by atoms with E-state index in [9.17, 15) is 9.36 Å². The van der Waals surface area contributed by atoms with E-state index in [0.29, 0.717) is 0 Å². The zero-order valence-electron chi connectivity index (χ0n) is 8.28. The maximum atomic E-state index is 12.0. The Morgan fingerprint density at radius 1 is 1.31 bits per heavy atom. The van der Waals surface area contributed by atoms with Crippen molar-refractivity contribution in [3.63, 3.8) is 0 Å². The highest BCUT2D eigenvalue weighted by molar-refractivity contribution is 7.66. The topological polar surface area (TPSA) is 93.1 Å². The molecule has 0 spiro atoms. The Bertz CT molecular complexity index is 390. The Morgan fingerprint density at radius 2 is 1.94 bits per heavy atom. The SMILES string of the molecule is O=C(O)COOP(=O)(CO)c1ccccc1. The van der Waals surface area contributed by atoms with Crippen LogP contribution in [0.15, 0.2) is 30.3 Å². The Balaban J connectivity index is 2.71. The van der Waals surface area contributed by atoms with Gasteiger partial charge in [0.05, 0.1) is 0 Å². The number of benzene rings is 1. The summed E-state index contributed by atoms with van der Waals surface area (Å²) in [6.07, 6.45) is -0.753. The molecule has 0 aliphatic carbocycles. The van der Waals surface area contributed by atoms with E-state index in [4.69, 9.17) is 10.2 Å². The maximum absolute atomic E-state index is 12.0. The smallest absolute Gasteiger partial charge is 0.333 e. The number of hydrogen-bond acceptors (Lipinski definition) is 5.